The molecule has 0 aromatic carbocycles. The monoisotopic (exact) mass is 251 g/mol. The highest BCUT2D eigenvalue weighted by molar-refractivity contribution is 6.30. The molecule has 17 heavy (non-hydrogen) atoms. The molecule has 0 aliphatic heterocycles. The quantitative estimate of drug-likeness (QED) is 0.816. The minimum atomic E-state index is 0.585. The van der Waals surface area contributed by atoms with Gasteiger partial charge >= 0.3 is 0 Å². The van der Waals surface area contributed by atoms with E-state index in [1.54, 1.807) is 6.33 Å². The largest absolute Gasteiger partial charge is 0.369 e. The van der Waals surface area contributed by atoms with E-state index in [0.29, 0.717) is 10.6 Å². The fraction of sp³-hybridized carbons (Fsp3) is 0.692. The molecule has 2 aliphatic carbocycles. The molecule has 2 saturated carbocycles. The molecule has 3 nitrogen and oxygen atoms in total. The second kappa shape index (κ2) is 4.13. The Morgan fingerprint density at radius 3 is 2.76 bits per heavy atom. The lowest BCUT2D eigenvalue weighted by Crippen LogP contribution is -2.19. The van der Waals surface area contributed by atoms with E-state index in [1.807, 2.05) is 0 Å². The minimum absolute atomic E-state index is 0.585. The Bertz CT molecular complexity index is 425. The highest BCUT2D eigenvalue weighted by Crippen LogP contribution is 2.61. The first-order valence-electron chi connectivity index (χ1n) is 6.48. The number of hydrogen-bond acceptors (Lipinski definition) is 3. The molecule has 1 heterocycles. The molecule has 2 aliphatic rings. The molecule has 1 N–H and O–H groups in total. The normalized spacial score (nSPS) is 21.3. The Balaban J connectivity index is 1.70. The second-order valence-corrected chi connectivity index (χ2v) is 5.69. The molecule has 2 fully saturated rings. The predicted octanol–water partition coefficient (Wildman–Crippen LogP) is 3.29. The average Bonchev–Trinajstić information content (AvgIpc) is 3.17. The number of halogens is 1. The molecule has 92 valence electrons. The van der Waals surface area contributed by atoms with Crippen LogP contribution in [0.3, 0.4) is 0 Å². The standard InChI is InChI=1S/C13H18ClN3/c1-2-10-11(14)16-8-17-12(10)15-7-13(5-6-13)9-3-4-9/h8-9H,2-7H2,1H3,(H,15,16,17). The van der Waals surface area contributed by atoms with E-state index < -0.39 is 0 Å². The van der Waals surface area contributed by atoms with Crippen LogP contribution in [0.25, 0.3) is 0 Å². The third kappa shape index (κ3) is 2.13. The Kier molecular flexibility index (Phi) is 2.74. The number of nitrogens with one attached hydrogen (secondary N) is 1. The maximum atomic E-state index is 6.08. The van der Waals surface area contributed by atoms with Gasteiger partial charge in [0.1, 0.15) is 17.3 Å². The summed E-state index contributed by atoms with van der Waals surface area (Å²) in [6.45, 7) is 3.14. The van der Waals surface area contributed by atoms with Gasteiger partial charge in [-0.05, 0) is 43.4 Å². The molecule has 1 aromatic rings. The van der Waals surface area contributed by atoms with Crippen LogP contribution in [0.5, 0.6) is 0 Å². The molecule has 0 spiro atoms. The van der Waals surface area contributed by atoms with Crippen LogP contribution in [0.4, 0.5) is 5.82 Å². The van der Waals surface area contributed by atoms with Crippen molar-refractivity contribution in [2.75, 3.05) is 11.9 Å². The number of hydrogen-bond donors (Lipinski definition) is 1. The van der Waals surface area contributed by atoms with Crippen molar-refractivity contribution in [2.24, 2.45) is 11.3 Å². The van der Waals surface area contributed by atoms with Crippen LogP contribution in [-0.2, 0) is 6.42 Å². The summed E-state index contributed by atoms with van der Waals surface area (Å²) in [4.78, 5) is 8.35. The summed E-state index contributed by atoms with van der Waals surface area (Å²) in [5, 5.41) is 4.08. The van der Waals surface area contributed by atoms with Gasteiger partial charge in [-0.3, -0.25) is 0 Å². The van der Waals surface area contributed by atoms with Gasteiger partial charge in [0.25, 0.3) is 0 Å². The number of nitrogens with zero attached hydrogens (tertiary/aromatic N) is 2. The molecule has 3 rings (SSSR count). The van der Waals surface area contributed by atoms with Gasteiger partial charge in [-0.1, -0.05) is 18.5 Å². The van der Waals surface area contributed by atoms with Crippen LogP contribution >= 0.6 is 11.6 Å². The molecular weight excluding hydrogens is 234 g/mol. The minimum Gasteiger partial charge on any atom is -0.369 e. The van der Waals surface area contributed by atoms with E-state index in [4.69, 9.17) is 11.6 Å². The van der Waals surface area contributed by atoms with E-state index in [1.165, 1.54) is 25.7 Å². The first-order chi connectivity index (χ1) is 8.25. The van der Waals surface area contributed by atoms with E-state index in [-0.39, 0.29) is 0 Å². The number of anilines is 1. The molecule has 0 amide bonds. The van der Waals surface area contributed by atoms with Gasteiger partial charge in [0, 0.05) is 12.1 Å². The lowest BCUT2D eigenvalue weighted by Gasteiger charge is -2.17. The maximum Gasteiger partial charge on any atom is 0.137 e. The van der Waals surface area contributed by atoms with Crippen molar-refractivity contribution in [3.8, 4) is 0 Å². The van der Waals surface area contributed by atoms with E-state index in [2.05, 4.69) is 22.2 Å². The van der Waals surface area contributed by atoms with Crippen molar-refractivity contribution in [3.05, 3.63) is 17.0 Å². The Morgan fingerprint density at radius 2 is 2.18 bits per heavy atom. The van der Waals surface area contributed by atoms with Crippen LogP contribution in [0.1, 0.15) is 38.2 Å². The molecule has 0 unspecified atom stereocenters. The first-order valence-corrected chi connectivity index (χ1v) is 6.86. The van der Waals surface area contributed by atoms with Crippen molar-refractivity contribution in [1.82, 2.24) is 9.97 Å². The summed E-state index contributed by atoms with van der Waals surface area (Å²) in [6.07, 6.45) is 8.02. The second-order valence-electron chi connectivity index (χ2n) is 5.34. The van der Waals surface area contributed by atoms with Gasteiger partial charge in [-0.15, -0.1) is 0 Å². The van der Waals surface area contributed by atoms with Gasteiger partial charge in [-0.25, -0.2) is 9.97 Å². The highest BCUT2D eigenvalue weighted by Gasteiger charge is 2.53. The first kappa shape index (κ1) is 11.3. The van der Waals surface area contributed by atoms with Gasteiger partial charge < -0.3 is 5.32 Å². The zero-order valence-corrected chi connectivity index (χ0v) is 10.9. The van der Waals surface area contributed by atoms with Crippen molar-refractivity contribution >= 4 is 17.4 Å². The van der Waals surface area contributed by atoms with Gasteiger partial charge in [0.05, 0.1) is 0 Å². The van der Waals surface area contributed by atoms with Crippen LogP contribution in [0, 0.1) is 11.3 Å². The number of aromatic nitrogens is 2. The van der Waals surface area contributed by atoms with Gasteiger partial charge in [0.2, 0.25) is 0 Å². The number of rotatable bonds is 5. The summed E-state index contributed by atoms with van der Waals surface area (Å²) in [6, 6.07) is 0. The smallest absolute Gasteiger partial charge is 0.137 e. The summed E-state index contributed by atoms with van der Waals surface area (Å²) in [5.41, 5.74) is 1.63. The highest BCUT2D eigenvalue weighted by atomic mass is 35.5. The molecular formula is C13H18ClN3. The zero-order valence-electron chi connectivity index (χ0n) is 10.2. The third-order valence-corrected chi connectivity index (χ3v) is 4.52. The van der Waals surface area contributed by atoms with Crippen LogP contribution in [-0.4, -0.2) is 16.5 Å². The summed E-state index contributed by atoms with van der Waals surface area (Å²) >= 11 is 6.08. The Morgan fingerprint density at radius 1 is 1.41 bits per heavy atom. The summed E-state index contributed by atoms with van der Waals surface area (Å²) in [5.74, 6) is 1.90. The zero-order chi connectivity index (χ0) is 11.9. The molecule has 4 heteroatoms. The lowest BCUT2D eigenvalue weighted by atomic mass is 10.0. The van der Waals surface area contributed by atoms with E-state index >= 15 is 0 Å². The fourth-order valence-electron chi connectivity index (χ4n) is 2.70. The van der Waals surface area contributed by atoms with Gasteiger partial charge in [-0.2, -0.15) is 0 Å². The van der Waals surface area contributed by atoms with Crippen molar-refractivity contribution in [3.63, 3.8) is 0 Å². The van der Waals surface area contributed by atoms with Crippen molar-refractivity contribution in [1.29, 1.82) is 0 Å². The van der Waals surface area contributed by atoms with Crippen molar-refractivity contribution in [2.45, 2.75) is 39.0 Å². The summed E-state index contributed by atoms with van der Waals surface area (Å²) < 4.78 is 0. The average molecular weight is 252 g/mol. The van der Waals surface area contributed by atoms with Crippen LogP contribution in [0.15, 0.2) is 6.33 Å². The Hall–Kier alpha value is -0.830. The topological polar surface area (TPSA) is 37.8 Å². The van der Waals surface area contributed by atoms with E-state index in [0.717, 1.165) is 30.3 Å². The fourth-order valence-corrected chi connectivity index (χ4v) is 2.97. The third-order valence-electron chi connectivity index (χ3n) is 4.19. The Labute approximate surface area is 107 Å². The lowest BCUT2D eigenvalue weighted by molar-refractivity contribution is 0.466. The molecule has 0 atom stereocenters. The molecule has 0 radical (unpaired) electrons. The van der Waals surface area contributed by atoms with Gasteiger partial charge in [0.15, 0.2) is 0 Å². The molecule has 1 aromatic heterocycles. The SMILES string of the molecule is CCc1c(Cl)ncnc1NCC1(C2CC2)CC1. The summed E-state index contributed by atoms with van der Waals surface area (Å²) in [7, 11) is 0. The predicted molar refractivity (Wildman–Crippen MR) is 69.3 cm³/mol. The molecule has 0 bridgehead atoms. The maximum absolute atomic E-state index is 6.08. The van der Waals surface area contributed by atoms with Crippen LogP contribution in [0.2, 0.25) is 5.15 Å². The van der Waals surface area contributed by atoms with Crippen LogP contribution < -0.4 is 5.32 Å². The molecule has 0 saturated heterocycles. The van der Waals surface area contributed by atoms with Crippen molar-refractivity contribution < 1.29 is 0 Å². The van der Waals surface area contributed by atoms with E-state index in [9.17, 15) is 0 Å².